The number of aryl methyl sites for hydroxylation is 3. The lowest BCUT2D eigenvalue weighted by Crippen LogP contribution is -2.58. The molecular formula is C53H62ClN11O8S2. The molecule has 5 atom stereocenters. The van der Waals surface area contributed by atoms with Crippen LogP contribution in [-0.2, 0) is 38.3 Å². The Labute approximate surface area is 448 Å². The number of carbonyl (C=O) groups is 7. The summed E-state index contributed by atoms with van der Waals surface area (Å²) in [6, 6.07) is 9.94. The van der Waals surface area contributed by atoms with E-state index in [9.17, 15) is 33.6 Å². The van der Waals surface area contributed by atoms with Gasteiger partial charge in [-0.15, -0.1) is 32.9 Å². The van der Waals surface area contributed by atoms with E-state index < -0.39 is 83.4 Å². The van der Waals surface area contributed by atoms with Crippen LogP contribution in [0.3, 0.4) is 0 Å². The van der Waals surface area contributed by atoms with Crippen LogP contribution in [-0.4, -0.2) is 124 Å². The number of thiazole rings is 1. The highest BCUT2D eigenvalue weighted by Gasteiger charge is 2.43. The van der Waals surface area contributed by atoms with Gasteiger partial charge in [0.25, 0.3) is 0 Å². The summed E-state index contributed by atoms with van der Waals surface area (Å²) in [5.41, 5.74) is 6.96. The lowest BCUT2D eigenvalue weighted by Gasteiger charge is -2.35. The minimum Gasteiger partial charge on any atom is -0.379 e. The summed E-state index contributed by atoms with van der Waals surface area (Å²) in [6.07, 6.45) is 2.65. The number of allylic oxidation sites excluding steroid dienone is 1. The number of rotatable bonds is 7. The number of benzene rings is 2. The van der Waals surface area contributed by atoms with Gasteiger partial charge in [0, 0.05) is 53.9 Å². The number of carbonyl (C=O) groups excluding carboxylic acids is 7. The van der Waals surface area contributed by atoms with Crippen LogP contribution >= 0.6 is 34.3 Å². The number of amides is 7. The van der Waals surface area contributed by atoms with Crippen molar-refractivity contribution >= 4 is 81.2 Å². The molecule has 2 fully saturated rings. The molecule has 3 aliphatic heterocycles. The second-order valence-corrected chi connectivity index (χ2v) is 22.5. The Morgan fingerprint density at radius 1 is 0.867 bits per heavy atom. The average molecular weight is 1080 g/mol. The molecule has 19 nitrogen and oxygen atoms in total. The molecule has 0 spiro atoms. The summed E-state index contributed by atoms with van der Waals surface area (Å²) in [5, 5.41) is 27.0. The number of hydrogen-bond donors (Lipinski definition) is 6. The summed E-state index contributed by atoms with van der Waals surface area (Å²) in [6.45, 7) is 12.6. The molecule has 6 heterocycles. The molecule has 2 saturated heterocycles. The average Bonchev–Trinajstić information content (AvgIpc) is 4.19. The first-order valence-electron chi connectivity index (χ1n) is 24.9. The molecule has 7 amide bonds. The van der Waals surface area contributed by atoms with E-state index in [1.165, 1.54) is 16.2 Å². The third-order valence-corrected chi connectivity index (χ3v) is 16.0. The second kappa shape index (κ2) is 23.4. The van der Waals surface area contributed by atoms with Crippen molar-refractivity contribution in [3.8, 4) is 15.4 Å². The standard InChI is InChI=1S/C53H62ClN11O8S2/c1-28-30(3)75-52-43(28)37(32-14-16-36(54)17-15-32)23-35(47-63-62-31(4)65(47)52)24-41(67)56-25-38-48(69)55-19-22-73-21-18-40(66)60-46(53(5,6)7)51(72)64-20-8-9-39(64)49(70)61-44(50(71)57-26-42(68)59-38)33-10-12-34(13-11-33)45-29(2)58-27-74-45/h10-17,23,27,35,38-39,44,46H,8-9,18-22,24-26H2,1-7H3,(H,55,69)(H,56,67)(H,57,71)(H,59,68)(H,60,66)(H,61,70)/t35-,38+,39-,44-,46+/m0/s1. The lowest BCUT2D eigenvalue weighted by molar-refractivity contribution is -0.144. The number of aromatic nitrogens is 4. The number of thiophene rings is 1. The second-order valence-electron chi connectivity index (χ2n) is 20.0. The summed E-state index contributed by atoms with van der Waals surface area (Å²) >= 11 is 9.38. The van der Waals surface area contributed by atoms with Crippen LogP contribution in [0.2, 0.25) is 5.02 Å². The Bertz CT molecular complexity index is 3020. The van der Waals surface area contributed by atoms with Crippen LogP contribution in [0, 0.1) is 33.1 Å². The molecule has 5 aromatic rings. The molecule has 75 heavy (non-hydrogen) atoms. The maximum absolute atomic E-state index is 14.3. The first-order chi connectivity index (χ1) is 35.8. The van der Waals surface area contributed by atoms with Crippen LogP contribution in [0.4, 0.5) is 0 Å². The van der Waals surface area contributed by atoms with Crippen molar-refractivity contribution in [2.24, 2.45) is 5.41 Å². The molecule has 2 aromatic carbocycles. The summed E-state index contributed by atoms with van der Waals surface area (Å²) in [5.74, 6) is -3.42. The highest BCUT2D eigenvalue weighted by molar-refractivity contribution is 7.15. The monoisotopic (exact) mass is 1080 g/mol. The molecule has 8 rings (SSSR count). The molecule has 6 N–H and O–H groups in total. The lowest BCUT2D eigenvalue weighted by atomic mass is 9.85. The molecule has 3 aromatic heterocycles. The van der Waals surface area contributed by atoms with Gasteiger partial charge in [0.2, 0.25) is 41.4 Å². The largest absolute Gasteiger partial charge is 0.379 e. The number of hydrogen-bond acceptors (Lipinski definition) is 13. The van der Waals surface area contributed by atoms with Gasteiger partial charge in [-0.05, 0) is 85.9 Å². The number of nitrogens with zero attached hydrogens (tertiary/aromatic N) is 5. The smallest absolute Gasteiger partial charge is 0.247 e. The quantitative estimate of drug-likeness (QED) is 0.128. The number of halogens is 1. The minimum absolute atomic E-state index is 0.00492. The van der Waals surface area contributed by atoms with E-state index in [4.69, 9.17) is 16.3 Å². The van der Waals surface area contributed by atoms with Gasteiger partial charge in [0.1, 0.15) is 40.8 Å². The number of fused-ring (bicyclic) bond motifs is 4. The van der Waals surface area contributed by atoms with Crippen LogP contribution in [0.15, 0.2) is 60.1 Å². The zero-order chi connectivity index (χ0) is 53.7. The predicted octanol–water partition coefficient (Wildman–Crippen LogP) is 4.89. The summed E-state index contributed by atoms with van der Waals surface area (Å²) in [4.78, 5) is 106. The van der Waals surface area contributed by atoms with E-state index in [0.29, 0.717) is 35.1 Å². The molecule has 0 aliphatic carbocycles. The fraction of sp³-hybridized carbons (Fsp3) is 0.434. The fourth-order valence-electron chi connectivity index (χ4n) is 9.48. The Balaban J connectivity index is 1.03. The van der Waals surface area contributed by atoms with Crippen molar-refractivity contribution in [1.29, 1.82) is 0 Å². The molecule has 0 radical (unpaired) electrons. The molecule has 22 heteroatoms. The normalized spacial score (nSPS) is 21.6. The zero-order valence-electron chi connectivity index (χ0n) is 42.9. The van der Waals surface area contributed by atoms with Crippen LogP contribution < -0.4 is 31.9 Å². The van der Waals surface area contributed by atoms with Crippen LogP contribution in [0.25, 0.3) is 21.0 Å². The van der Waals surface area contributed by atoms with E-state index in [2.05, 4.69) is 60.9 Å². The van der Waals surface area contributed by atoms with Crippen molar-refractivity contribution in [2.45, 2.75) is 104 Å². The van der Waals surface area contributed by atoms with Gasteiger partial charge in [-0.25, -0.2) is 4.98 Å². The highest BCUT2D eigenvalue weighted by Crippen LogP contribution is 2.44. The van der Waals surface area contributed by atoms with E-state index in [0.717, 1.165) is 48.3 Å². The van der Waals surface area contributed by atoms with Gasteiger partial charge >= 0.3 is 0 Å². The molecule has 396 valence electrons. The van der Waals surface area contributed by atoms with E-state index >= 15 is 0 Å². The molecule has 0 bridgehead atoms. The van der Waals surface area contributed by atoms with Gasteiger partial charge in [-0.3, -0.25) is 38.1 Å². The summed E-state index contributed by atoms with van der Waals surface area (Å²) < 4.78 is 7.67. The summed E-state index contributed by atoms with van der Waals surface area (Å²) in [7, 11) is 0. The van der Waals surface area contributed by atoms with E-state index in [-0.39, 0.29) is 45.7 Å². The van der Waals surface area contributed by atoms with E-state index in [1.54, 1.807) is 29.0 Å². The molecular weight excluding hydrogens is 1020 g/mol. The number of nitrogens with one attached hydrogen (secondary N) is 6. The van der Waals surface area contributed by atoms with E-state index in [1.807, 2.05) is 81.7 Å². The zero-order valence-corrected chi connectivity index (χ0v) is 45.3. The third-order valence-electron chi connectivity index (χ3n) is 13.6. The van der Waals surface area contributed by atoms with Crippen LogP contribution in [0.5, 0.6) is 0 Å². The Morgan fingerprint density at radius 2 is 1.60 bits per heavy atom. The van der Waals surface area contributed by atoms with Gasteiger partial charge in [-0.1, -0.05) is 74.8 Å². The topological polar surface area (TPSA) is 248 Å². The first-order valence-corrected chi connectivity index (χ1v) is 27.0. The molecule has 0 unspecified atom stereocenters. The Kier molecular flexibility index (Phi) is 17.0. The molecule has 3 aliphatic rings. The Hall–Kier alpha value is -6.81. The fourth-order valence-corrected chi connectivity index (χ4v) is 11.6. The van der Waals surface area contributed by atoms with Gasteiger partial charge < -0.3 is 41.5 Å². The first kappa shape index (κ1) is 54.5. The van der Waals surface area contributed by atoms with Crippen molar-refractivity contribution in [3.63, 3.8) is 0 Å². The number of ether oxygens (including phenoxy) is 1. The maximum atomic E-state index is 14.3. The third kappa shape index (κ3) is 12.5. The van der Waals surface area contributed by atoms with Crippen LogP contribution in [0.1, 0.15) is 103 Å². The van der Waals surface area contributed by atoms with Gasteiger partial charge in [0.15, 0.2) is 0 Å². The highest BCUT2D eigenvalue weighted by atomic mass is 35.5. The SMILES string of the molecule is Cc1ncsc1-c1ccc([C@@H]2NC(=O)[C@@H]3CCCN3C(=O)[C@H](C(C)(C)C)NC(=O)CCOCCNC(=O)[C@@H](CNC(=O)C[C@@H]3C=C(c4ccc(Cl)cc4)c4c(sc(C)c4C)-n4c(C)nnc43)NC(=O)CNC2=O)cc1. The predicted molar refractivity (Wildman–Crippen MR) is 285 cm³/mol. The Morgan fingerprint density at radius 3 is 2.31 bits per heavy atom. The van der Waals surface area contributed by atoms with Gasteiger partial charge in [0.05, 0.1) is 35.8 Å². The maximum Gasteiger partial charge on any atom is 0.247 e. The minimum atomic E-state index is -1.32. The van der Waals surface area contributed by atoms with Crippen molar-refractivity contribution in [3.05, 3.63) is 110 Å². The van der Waals surface area contributed by atoms with Crippen molar-refractivity contribution < 1.29 is 38.3 Å². The molecule has 0 saturated carbocycles. The van der Waals surface area contributed by atoms with Gasteiger partial charge in [-0.2, -0.15) is 0 Å². The van der Waals surface area contributed by atoms with Crippen molar-refractivity contribution in [2.75, 3.05) is 39.4 Å². The van der Waals surface area contributed by atoms with Crippen molar-refractivity contribution in [1.82, 2.24) is 56.5 Å².